The Hall–Kier alpha value is -3.19. The van der Waals surface area contributed by atoms with E-state index in [-0.39, 0.29) is 24.7 Å². The number of methoxy groups -OCH3 is 2. The van der Waals surface area contributed by atoms with Crippen molar-refractivity contribution in [1.82, 2.24) is 4.90 Å². The van der Waals surface area contributed by atoms with Crippen LogP contribution in [0.5, 0.6) is 23.0 Å². The number of carbonyl (C=O) groups is 1. The van der Waals surface area contributed by atoms with E-state index in [9.17, 15) is 9.90 Å². The summed E-state index contributed by atoms with van der Waals surface area (Å²) in [4.78, 5) is 15.4. The van der Waals surface area contributed by atoms with E-state index in [1.807, 2.05) is 41.3 Å². The quantitative estimate of drug-likeness (QED) is 0.662. The van der Waals surface area contributed by atoms with E-state index in [4.69, 9.17) is 18.9 Å². The summed E-state index contributed by atoms with van der Waals surface area (Å²) in [5, 5.41) is 11.6. The molecule has 1 N–H and O–H groups in total. The van der Waals surface area contributed by atoms with Gasteiger partial charge in [0.15, 0.2) is 11.5 Å². The Morgan fingerprint density at radius 1 is 1.09 bits per heavy atom. The molecule has 2 heterocycles. The minimum Gasteiger partial charge on any atom is -0.497 e. The van der Waals surface area contributed by atoms with Crippen LogP contribution >= 0.6 is 0 Å². The summed E-state index contributed by atoms with van der Waals surface area (Å²) in [5.41, 5.74) is 0.949. The highest BCUT2D eigenvalue weighted by atomic mass is 16.7. The molecule has 2 fully saturated rings. The summed E-state index contributed by atoms with van der Waals surface area (Å²) in [7, 11) is 3.26. The van der Waals surface area contributed by atoms with Crippen LogP contribution in [0.15, 0.2) is 42.5 Å². The van der Waals surface area contributed by atoms with Crippen LogP contribution in [-0.2, 0) is 4.79 Å². The van der Waals surface area contributed by atoms with Crippen LogP contribution in [0.25, 0.3) is 6.08 Å². The maximum absolute atomic E-state index is 13.6. The van der Waals surface area contributed by atoms with Gasteiger partial charge >= 0.3 is 0 Å². The van der Waals surface area contributed by atoms with Gasteiger partial charge in [0, 0.05) is 24.1 Å². The van der Waals surface area contributed by atoms with Crippen LogP contribution in [0.3, 0.4) is 0 Å². The Labute approximate surface area is 199 Å². The Morgan fingerprint density at radius 2 is 1.94 bits per heavy atom. The molecule has 1 saturated carbocycles. The van der Waals surface area contributed by atoms with Gasteiger partial charge in [0.25, 0.3) is 0 Å². The molecule has 180 valence electrons. The molecule has 1 aliphatic carbocycles. The molecule has 2 aromatic rings. The molecular weight excluding hydrogens is 434 g/mol. The number of hydrogen-bond donors (Lipinski definition) is 1. The second kappa shape index (κ2) is 9.22. The van der Waals surface area contributed by atoms with Crippen molar-refractivity contribution in [2.75, 3.05) is 27.6 Å². The first-order valence-electron chi connectivity index (χ1n) is 11.8. The maximum Gasteiger partial charge on any atom is 0.247 e. The van der Waals surface area contributed by atoms with Crippen molar-refractivity contribution in [3.8, 4) is 23.0 Å². The molecule has 2 aromatic carbocycles. The van der Waals surface area contributed by atoms with Crippen molar-refractivity contribution in [2.24, 2.45) is 5.92 Å². The molecule has 5 rings (SSSR count). The fourth-order valence-electron chi connectivity index (χ4n) is 5.66. The molecule has 34 heavy (non-hydrogen) atoms. The van der Waals surface area contributed by atoms with Gasteiger partial charge in [-0.3, -0.25) is 4.79 Å². The number of amides is 1. The number of likely N-dealkylation sites (tertiary alicyclic amines) is 1. The molecule has 1 saturated heterocycles. The van der Waals surface area contributed by atoms with Crippen molar-refractivity contribution >= 4 is 12.0 Å². The van der Waals surface area contributed by atoms with E-state index in [2.05, 4.69) is 0 Å². The van der Waals surface area contributed by atoms with Crippen LogP contribution in [0.2, 0.25) is 0 Å². The SMILES string of the molecule is COc1ccc(OC)c([C@H]2[C@@H]3CCCC[C@]3(O)CCN2C(=O)/C=C/c2ccc3c(c2)OCO3)c1. The number of rotatable bonds is 5. The minimum absolute atomic E-state index is 0.0705. The topological polar surface area (TPSA) is 77.5 Å². The lowest BCUT2D eigenvalue weighted by atomic mass is 9.66. The van der Waals surface area contributed by atoms with E-state index >= 15 is 0 Å². The predicted octanol–water partition coefficient (Wildman–Crippen LogP) is 4.34. The summed E-state index contributed by atoms with van der Waals surface area (Å²) >= 11 is 0. The van der Waals surface area contributed by atoms with Crippen LogP contribution < -0.4 is 18.9 Å². The number of benzene rings is 2. The summed E-state index contributed by atoms with van der Waals surface area (Å²) in [6, 6.07) is 11.0. The average molecular weight is 466 g/mol. The van der Waals surface area contributed by atoms with Gasteiger partial charge in [-0.2, -0.15) is 0 Å². The number of carbonyl (C=O) groups excluding carboxylic acids is 1. The van der Waals surface area contributed by atoms with Crippen LogP contribution in [-0.4, -0.2) is 49.1 Å². The molecule has 7 nitrogen and oxygen atoms in total. The number of piperidine rings is 1. The first-order chi connectivity index (χ1) is 16.5. The Kier molecular flexibility index (Phi) is 6.13. The zero-order chi connectivity index (χ0) is 23.7. The summed E-state index contributed by atoms with van der Waals surface area (Å²) in [6.45, 7) is 0.686. The van der Waals surface area contributed by atoms with E-state index in [0.717, 1.165) is 36.8 Å². The standard InChI is InChI=1S/C27H31NO6/c1-31-19-8-10-22(32-2)20(16-19)26-21-5-3-4-12-27(21,30)13-14-28(26)25(29)11-7-18-6-9-23-24(15-18)34-17-33-23/h6-11,15-16,21,26,30H,3-5,12-14,17H2,1-2H3/b11-7+/t21-,26-,27-/m0/s1. The van der Waals surface area contributed by atoms with Gasteiger partial charge < -0.3 is 29.0 Å². The first-order valence-corrected chi connectivity index (χ1v) is 11.8. The van der Waals surface area contributed by atoms with Gasteiger partial charge in [-0.25, -0.2) is 0 Å². The van der Waals surface area contributed by atoms with Gasteiger partial charge in [0.05, 0.1) is 25.9 Å². The molecule has 0 aromatic heterocycles. The Balaban J connectivity index is 1.49. The molecule has 0 unspecified atom stereocenters. The molecule has 3 aliphatic rings. The van der Waals surface area contributed by atoms with Crippen molar-refractivity contribution in [3.63, 3.8) is 0 Å². The summed E-state index contributed by atoms with van der Waals surface area (Å²) in [6.07, 6.45) is 7.63. The smallest absolute Gasteiger partial charge is 0.247 e. The highest BCUT2D eigenvalue weighted by molar-refractivity contribution is 5.92. The van der Waals surface area contributed by atoms with Crippen molar-refractivity contribution < 1.29 is 28.8 Å². The second-order valence-corrected chi connectivity index (χ2v) is 9.24. The molecule has 0 bridgehead atoms. The van der Waals surface area contributed by atoms with Gasteiger partial charge in [-0.05, 0) is 61.2 Å². The zero-order valence-corrected chi connectivity index (χ0v) is 19.7. The lowest BCUT2D eigenvalue weighted by Gasteiger charge is -2.52. The third-order valence-corrected chi connectivity index (χ3v) is 7.42. The third kappa shape index (κ3) is 4.09. The van der Waals surface area contributed by atoms with Crippen LogP contribution in [0, 0.1) is 5.92 Å². The van der Waals surface area contributed by atoms with Crippen molar-refractivity contribution in [1.29, 1.82) is 0 Å². The van der Waals surface area contributed by atoms with Crippen molar-refractivity contribution in [2.45, 2.75) is 43.7 Å². The zero-order valence-electron chi connectivity index (χ0n) is 19.7. The number of aliphatic hydroxyl groups is 1. The molecule has 2 aliphatic heterocycles. The van der Waals surface area contributed by atoms with Gasteiger partial charge in [-0.15, -0.1) is 0 Å². The monoisotopic (exact) mass is 465 g/mol. The van der Waals surface area contributed by atoms with E-state index < -0.39 is 5.60 Å². The maximum atomic E-state index is 13.6. The lowest BCUT2D eigenvalue weighted by molar-refractivity contribution is -0.151. The fraction of sp³-hybridized carbons (Fsp3) is 0.444. The number of ether oxygens (including phenoxy) is 4. The normalized spacial score (nSPS) is 25.8. The largest absolute Gasteiger partial charge is 0.497 e. The Bertz CT molecular complexity index is 1100. The van der Waals surface area contributed by atoms with Crippen molar-refractivity contribution in [3.05, 3.63) is 53.6 Å². The van der Waals surface area contributed by atoms with Crippen LogP contribution in [0.1, 0.15) is 49.3 Å². The highest BCUT2D eigenvalue weighted by Gasteiger charge is 2.50. The lowest BCUT2D eigenvalue weighted by Crippen LogP contribution is -2.56. The summed E-state index contributed by atoms with van der Waals surface area (Å²) < 4.78 is 22.0. The second-order valence-electron chi connectivity index (χ2n) is 9.24. The van der Waals surface area contributed by atoms with E-state index in [1.54, 1.807) is 26.4 Å². The van der Waals surface area contributed by atoms with Crippen LogP contribution in [0.4, 0.5) is 0 Å². The van der Waals surface area contributed by atoms with E-state index in [0.29, 0.717) is 36.0 Å². The molecular formula is C27H31NO6. The Morgan fingerprint density at radius 3 is 2.76 bits per heavy atom. The number of hydrogen-bond acceptors (Lipinski definition) is 6. The van der Waals surface area contributed by atoms with E-state index in [1.165, 1.54) is 0 Å². The molecule has 3 atom stereocenters. The predicted molar refractivity (Wildman–Crippen MR) is 127 cm³/mol. The average Bonchev–Trinajstić information content (AvgIpc) is 3.34. The fourth-order valence-corrected chi connectivity index (χ4v) is 5.66. The summed E-state index contributed by atoms with van der Waals surface area (Å²) in [5.74, 6) is 2.61. The third-order valence-electron chi connectivity index (χ3n) is 7.42. The van der Waals surface area contributed by atoms with Gasteiger partial charge in [0.2, 0.25) is 12.7 Å². The molecule has 0 radical (unpaired) electrons. The minimum atomic E-state index is -0.783. The highest BCUT2D eigenvalue weighted by Crippen LogP contribution is 2.51. The number of fused-ring (bicyclic) bond motifs is 2. The molecule has 1 amide bonds. The first kappa shape index (κ1) is 22.6. The molecule has 7 heteroatoms. The number of nitrogens with zero attached hydrogens (tertiary/aromatic N) is 1. The van der Waals surface area contributed by atoms with Gasteiger partial charge in [-0.1, -0.05) is 18.9 Å². The molecule has 0 spiro atoms. The van der Waals surface area contributed by atoms with Gasteiger partial charge in [0.1, 0.15) is 11.5 Å².